The Hall–Kier alpha value is -2.12. The Morgan fingerprint density at radius 3 is 2.33 bits per heavy atom. The van der Waals surface area contributed by atoms with Gasteiger partial charge in [-0.05, 0) is 54.7 Å². The number of likely N-dealkylation sites (tertiary alicyclic amines) is 1. The number of aliphatic carboxylic acids is 1. The van der Waals surface area contributed by atoms with Gasteiger partial charge in [0.2, 0.25) is 5.91 Å². The minimum atomic E-state index is -1.19. The van der Waals surface area contributed by atoms with E-state index in [0.717, 1.165) is 11.1 Å². The van der Waals surface area contributed by atoms with Gasteiger partial charge in [0, 0.05) is 16.0 Å². The van der Waals surface area contributed by atoms with Crippen LogP contribution >= 0.6 is 23.2 Å². The van der Waals surface area contributed by atoms with Gasteiger partial charge < -0.3 is 20.2 Å². The fraction of sp³-hybridized carbons (Fsp3) is 0.440. The topological polar surface area (TPSA) is 98.1 Å². The van der Waals surface area contributed by atoms with Gasteiger partial charge in [-0.25, -0.2) is 0 Å². The molecule has 0 spiro atoms. The standard InChI is InChI=1S/C25H27Cl2NO5/c1-25(13-21(30)31)12-18(15-3-2-4-17(27)11-15)22(14-5-7-16(26)8-6-14)28(24(25)33)19-9-10-20(29)23(19)32/h2-8,11,18-20,22-23,29,32H,9-10,12-13H2,1H3,(H,30,31)/t18?,19-,20-,22?,23+,25+/m0/s1. The molecule has 0 bridgehead atoms. The van der Waals surface area contributed by atoms with E-state index >= 15 is 0 Å². The Morgan fingerprint density at radius 2 is 1.76 bits per heavy atom. The van der Waals surface area contributed by atoms with Gasteiger partial charge in [0.1, 0.15) is 6.10 Å². The molecule has 4 rings (SSSR count). The lowest BCUT2D eigenvalue weighted by molar-refractivity contribution is -0.163. The molecular weight excluding hydrogens is 465 g/mol. The third-order valence-corrected chi connectivity index (χ3v) is 7.52. The molecule has 6 nitrogen and oxygen atoms in total. The molecule has 3 N–H and O–H groups in total. The molecule has 1 aliphatic carbocycles. The van der Waals surface area contributed by atoms with Crippen LogP contribution in [0.15, 0.2) is 48.5 Å². The van der Waals surface area contributed by atoms with Crippen molar-refractivity contribution in [1.29, 1.82) is 0 Å². The number of amides is 1. The molecule has 33 heavy (non-hydrogen) atoms. The van der Waals surface area contributed by atoms with Crippen LogP contribution in [0.25, 0.3) is 0 Å². The molecule has 0 aromatic heterocycles. The van der Waals surface area contributed by atoms with Crippen LogP contribution in [0.3, 0.4) is 0 Å². The van der Waals surface area contributed by atoms with E-state index in [4.69, 9.17) is 23.2 Å². The van der Waals surface area contributed by atoms with E-state index in [9.17, 15) is 24.9 Å². The summed E-state index contributed by atoms with van der Waals surface area (Å²) in [7, 11) is 0. The number of piperidine rings is 1. The van der Waals surface area contributed by atoms with Gasteiger partial charge in [-0.2, -0.15) is 0 Å². The second-order valence-electron chi connectivity index (χ2n) is 9.41. The van der Waals surface area contributed by atoms with E-state index < -0.39 is 35.7 Å². The Kier molecular flexibility index (Phi) is 6.74. The first-order valence-corrected chi connectivity index (χ1v) is 11.8. The summed E-state index contributed by atoms with van der Waals surface area (Å²) in [6.07, 6.45) is -1.31. The summed E-state index contributed by atoms with van der Waals surface area (Å²) in [4.78, 5) is 27.3. The second-order valence-corrected chi connectivity index (χ2v) is 10.3. The van der Waals surface area contributed by atoms with Crippen LogP contribution < -0.4 is 0 Å². The van der Waals surface area contributed by atoms with Gasteiger partial charge in [-0.3, -0.25) is 9.59 Å². The lowest BCUT2D eigenvalue weighted by Crippen LogP contribution is -2.58. The zero-order valence-electron chi connectivity index (χ0n) is 18.2. The first-order valence-electron chi connectivity index (χ1n) is 11.0. The molecule has 2 fully saturated rings. The van der Waals surface area contributed by atoms with Gasteiger partial charge >= 0.3 is 5.97 Å². The van der Waals surface area contributed by atoms with Gasteiger partial charge in [0.25, 0.3) is 0 Å². The number of halogens is 2. The van der Waals surface area contributed by atoms with Gasteiger partial charge in [0.05, 0.1) is 30.0 Å². The van der Waals surface area contributed by atoms with Crippen molar-refractivity contribution >= 4 is 35.1 Å². The minimum Gasteiger partial charge on any atom is -0.481 e. The van der Waals surface area contributed by atoms with E-state index in [1.807, 2.05) is 30.3 Å². The van der Waals surface area contributed by atoms with Crippen LogP contribution in [-0.4, -0.2) is 50.3 Å². The third kappa shape index (κ3) is 4.62. The van der Waals surface area contributed by atoms with Crippen LogP contribution in [-0.2, 0) is 9.59 Å². The van der Waals surface area contributed by atoms with Crippen molar-refractivity contribution in [3.05, 3.63) is 69.7 Å². The predicted octanol–water partition coefficient (Wildman–Crippen LogP) is 4.42. The van der Waals surface area contributed by atoms with Crippen molar-refractivity contribution < 1.29 is 24.9 Å². The first kappa shape index (κ1) is 24.0. The maximum absolute atomic E-state index is 13.9. The van der Waals surface area contributed by atoms with E-state index in [1.165, 1.54) is 0 Å². The number of aliphatic hydroxyl groups excluding tert-OH is 2. The molecular formula is C25H27Cl2NO5. The van der Waals surface area contributed by atoms with Crippen molar-refractivity contribution in [3.8, 4) is 0 Å². The molecule has 1 saturated carbocycles. The molecule has 1 saturated heterocycles. The number of aliphatic hydroxyl groups is 2. The molecule has 2 aromatic carbocycles. The number of carbonyl (C=O) groups excluding carboxylic acids is 1. The third-order valence-electron chi connectivity index (χ3n) is 7.04. The quantitative estimate of drug-likeness (QED) is 0.574. The highest BCUT2D eigenvalue weighted by atomic mass is 35.5. The molecule has 1 heterocycles. The maximum Gasteiger partial charge on any atom is 0.304 e. The average Bonchev–Trinajstić information content (AvgIpc) is 3.08. The minimum absolute atomic E-state index is 0.281. The van der Waals surface area contributed by atoms with Crippen molar-refractivity contribution in [1.82, 2.24) is 4.90 Å². The lowest BCUT2D eigenvalue weighted by atomic mass is 9.67. The largest absolute Gasteiger partial charge is 0.481 e. The molecule has 2 unspecified atom stereocenters. The number of carboxylic acids is 1. The summed E-state index contributed by atoms with van der Waals surface area (Å²) >= 11 is 12.4. The Bertz CT molecular complexity index is 1050. The zero-order chi connectivity index (χ0) is 23.9. The Labute approximate surface area is 202 Å². The highest BCUT2D eigenvalue weighted by Crippen LogP contribution is 2.53. The predicted molar refractivity (Wildman–Crippen MR) is 125 cm³/mol. The molecule has 0 radical (unpaired) electrons. The first-order chi connectivity index (χ1) is 15.6. The summed E-state index contributed by atoms with van der Waals surface area (Å²) < 4.78 is 0. The summed E-state index contributed by atoms with van der Waals surface area (Å²) in [5.74, 6) is -1.68. The van der Waals surface area contributed by atoms with Crippen LogP contribution in [0.5, 0.6) is 0 Å². The molecule has 6 atom stereocenters. The number of benzene rings is 2. The molecule has 2 aliphatic rings. The van der Waals surface area contributed by atoms with E-state index in [0.29, 0.717) is 29.3 Å². The van der Waals surface area contributed by atoms with Gasteiger partial charge in [-0.1, -0.05) is 54.4 Å². The molecule has 1 aliphatic heterocycles. The van der Waals surface area contributed by atoms with Crippen LogP contribution in [0, 0.1) is 5.41 Å². The van der Waals surface area contributed by atoms with E-state index in [-0.39, 0.29) is 18.2 Å². The van der Waals surface area contributed by atoms with E-state index in [2.05, 4.69) is 0 Å². The number of nitrogens with zero attached hydrogens (tertiary/aromatic N) is 1. The van der Waals surface area contributed by atoms with Crippen LogP contribution in [0.4, 0.5) is 0 Å². The molecule has 1 amide bonds. The number of carboxylic acid groups (broad SMARTS) is 1. The van der Waals surface area contributed by atoms with E-state index in [1.54, 1.807) is 30.0 Å². The Morgan fingerprint density at radius 1 is 1.06 bits per heavy atom. The number of rotatable bonds is 5. The summed E-state index contributed by atoms with van der Waals surface area (Å²) in [5, 5.41) is 31.8. The Balaban J connectivity index is 1.90. The summed E-state index contributed by atoms with van der Waals surface area (Å²) in [6, 6.07) is 13.4. The second kappa shape index (κ2) is 9.26. The van der Waals surface area contributed by atoms with Crippen LogP contribution in [0.1, 0.15) is 55.7 Å². The van der Waals surface area contributed by atoms with Crippen molar-refractivity contribution in [3.63, 3.8) is 0 Å². The monoisotopic (exact) mass is 491 g/mol. The van der Waals surface area contributed by atoms with Crippen molar-refractivity contribution in [2.75, 3.05) is 0 Å². The van der Waals surface area contributed by atoms with Crippen molar-refractivity contribution in [2.45, 2.75) is 62.8 Å². The highest BCUT2D eigenvalue weighted by Gasteiger charge is 2.54. The average molecular weight is 492 g/mol. The van der Waals surface area contributed by atoms with Crippen LogP contribution in [0.2, 0.25) is 10.0 Å². The van der Waals surface area contributed by atoms with Crippen molar-refractivity contribution in [2.24, 2.45) is 5.41 Å². The lowest BCUT2D eigenvalue weighted by Gasteiger charge is -2.52. The zero-order valence-corrected chi connectivity index (χ0v) is 19.7. The van der Waals surface area contributed by atoms with Gasteiger partial charge in [-0.15, -0.1) is 0 Å². The molecule has 176 valence electrons. The highest BCUT2D eigenvalue weighted by molar-refractivity contribution is 6.30. The van der Waals surface area contributed by atoms with Gasteiger partial charge in [0.15, 0.2) is 0 Å². The summed E-state index contributed by atoms with van der Waals surface area (Å²) in [6.45, 7) is 1.67. The number of carbonyl (C=O) groups is 2. The summed E-state index contributed by atoms with van der Waals surface area (Å²) in [5.41, 5.74) is 0.517. The molecule has 2 aromatic rings. The number of hydrogen-bond donors (Lipinski definition) is 3. The maximum atomic E-state index is 13.9. The normalized spacial score (nSPS) is 32.2. The molecule has 8 heteroatoms. The fourth-order valence-electron chi connectivity index (χ4n) is 5.49. The number of hydrogen-bond acceptors (Lipinski definition) is 4. The SMILES string of the molecule is C[C@]1(CC(=O)O)CC(c2cccc(Cl)c2)C(c2ccc(Cl)cc2)N([C@H]2CC[C@H](O)[C@@H]2O)C1=O. The smallest absolute Gasteiger partial charge is 0.304 e. The fourth-order valence-corrected chi connectivity index (χ4v) is 5.81.